The highest BCUT2D eigenvalue weighted by atomic mass is 16.4. The quantitative estimate of drug-likeness (QED) is 0.493. The molecule has 0 amide bonds. The summed E-state index contributed by atoms with van der Waals surface area (Å²) in [6, 6.07) is 8.49. The highest BCUT2D eigenvalue weighted by Gasteiger charge is 2.06. The maximum atomic E-state index is 11.0. The Hall–Kier alpha value is -3.46. The minimum Gasteiger partial charge on any atom is -0.478 e. The number of anilines is 2. The molecule has 0 unspecified atom stereocenters. The molecular formula is C16H12N2O4. The SMILES string of the molecule is Nc1cc(C#Cc2cc(N)cc(C(=O)O)c2)cc(C(=O)O)c1. The van der Waals surface area contributed by atoms with E-state index in [9.17, 15) is 9.59 Å². The Balaban J connectivity index is 2.42. The van der Waals surface area contributed by atoms with Crippen molar-refractivity contribution < 1.29 is 19.8 Å². The Morgan fingerprint density at radius 3 is 1.41 bits per heavy atom. The molecule has 0 radical (unpaired) electrons. The van der Waals surface area contributed by atoms with Crippen LogP contribution in [0.25, 0.3) is 0 Å². The van der Waals surface area contributed by atoms with Crippen LogP contribution in [-0.4, -0.2) is 22.2 Å². The fourth-order valence-corrected chi connectivity index (χ4v) is 1.84. The van der Waals surface area contributed by atoms with Gasteiger partial charge in [0, 0.05) is 22.5 Å². The number of hydrogen-bond acceptors (Lipinski definition) is 4. The van der Waals surface area contributed by atoms with Crippen molar-refractivity contribution in [3.63, 3.8) is 0 Å². The number of rotatable bonds is 2. The molecule has 0 aliphatic carbocycles. The topological polar surface area (TPSA) is 127 Å². The molecule has 2 rings (SSSR count). The zero-order chi connectivity index (χ0) is 16.3. The number of carbonyl (C=O) groups is 2. The van der Waals surface area contributed by atoms with Crippen LogP contribution in [0.1, 0.15) is 31.8 Å². The van der Waals surface area contributed by atoms with Crippen LogP contribution in [0.15, 0.2) is 36.4 Å². The van der Waals surface area contributed by atoms with Crippen molar-refractivity contribution in [3.05, 3.63) is 58.7 Å². The lowest BCUT2D eigenvalue weighted by molar-refractivity contribution is 0.0686. The van der Waals surface area contributed by atoms with Gasteiger partial charge >= 0.3 is 11.9 Å². The summed E-state index contributed by atoms with van der Waals surface area (Å²) in [5.41, 5.74) is 12.7. The summed E-state index contributed by atoms with van der Waals surface area (Å²) in [6.45, 7) is 0. The van der Waals surface area contributed by atoms with Gasteiger partial charge in [0.1, 0.15) is 0 Å². The average Bonchev–Trinajstić information content (AvgIpc) is 2.44. The van der Waals surface area contributed by atoms with Gasteiger partial charge in [0.15, 0.2) is 0 Å². The van der Waals surface area contributed by atoms with Gasteiger partial charge in [0.25, 0.3) is 0 Å². The lowest BCUT2D eigenvalue weighted by Crippen LogP contribution is -1.99. The summed E-state index contributed by atoms with van der Waals surface area (Å²) < 4.78 is 0. The first-order valence-electron chi connectivity index (χ1n) is 6.15. The Morgan fingerprint density at radius 1 is 0.727 bits per heavy atom. The van der Waals surface area contributed by atoms with Crippen molar-refractivity contribution in [3.8, 4) is 11.8 Å². The molecule has 0 aliphatic heterocycles. The van der Waals surface area contributed by atoms with Crippen LogP contribution >= 0.6 is 0 Å². The van der Waals surface area contributed by atoms with Gasteiger partial charge in [0.2, 0.25) is 0 Å². The van der Waals surface area contributed by atoms with E-state index in [0.717, 1.165) is 0 Å². The standard InChI is InChI=1S/C16H12N2O4/c17-13-5-9(3-11(7-13)15(19)20)1-2-10-4-12(16(21)22)8-14(18)6-10/h3-8H,17-18H2,(H,19,20)(H,21,22). The Morgan fingerprint density at radius 2 is 1.09 bits per heavy atom. The number of nitrogen functional groups attached to an aromatic ring is 2. The van der Waals surface area contributed by atoms with Crippen LogP contribution < -0.4 is 11.5 Å². The number of aromatic carboxylic acids is 2. The van der Waals surface area contributed by atoms with E-state index in [2.05, 4.69) is 11.8 Å². The largest absolute Gasteiger partial charge is 0.478 e. The van der Waals surface area contributed by atoms with E-state index in [1.807, 2.05) is 0 Å². The summed E-state index contributed by atoms with van der Waals surface area (Å²) in [5, 5.41) is 17.9. The van der Waals surface area contributed by atoms with E-state index in [1.54, 1.807) is 0 Å². The van der Waals surface area contributed by atoms with Crippen LogP contribution in [0.3, 0.4) is 0 Å². The lowest BCUT2D eigenvalue weighted by atomic mass is 10.1. The van der Waals surface area contributed by atoms with Gasteiger partial charge in [-0.2, -0.15) is 0 Å². The van der Waals surface area contributed by atoms with Gasteiger partial charge in [-0.25, -0.2) is 9.59 Å². The third-order valence-electron chi connectivity index (χ3n) is 2.76. The number of hydrogen-bond donors (Lipinski definition) is 4. The lowest BCUT2D eigenvalue weighted by Gasteiger charge is -2.00. The van der Waals surface area contributed by atoms with E-state index >= 15 is 0 Å². The normalized spacial score (nSPS) is 9.64. The molecule has 2 aromatic carbocycles. The van der Waals surface area contributed by atoms with Crippen molar-refractivity contribution in [1.82, 2.24) is 0 Å². The molecule has 0 atom stereocenters. The summed E-state index contributed by atoms with van der Waals surface area (Å²) in [6.07, 6.45) is 0. The zero-order valence-electron chi connectivity index (χ0n) is 11.3. The van der Waals surface area contributed by atoms with Gasteiger partial charge < -0.3 is 21.7 Å². The number of nitrogens with two attached hydrogens (primary N) is 2. The third-order valence-corrected chi connectivity index (χ3v) is 2.76. The van der Waals surface area contributed by atoms with Crippen molar-refractivity contribution in [1.29, 1.82) is 0 Å². The molecule has 0 aromatic heterocycles. The number of benzene rings is 2. The maximum absolute atomic E-state index is 11.0. The Kier molecular flexibility index (Phi) is 4.00. The van der Waals surface area contributed by atoms with Gasteiger partial charge in [-0.15, -0.1) is 0 Å². The molecule has 0 aliphatic rings. The molecule has 0 heterocycles. The Bertz CT molecular complexity index is 764. The number of carboxylic acid groups (broad SMARTS) is 2. The molecule has 0 saturated carbocycles. The summed E-state index contributed by atoms with van der Waals surface area (Å²) in [5.74, 6) is 3.29. The molecule has 6 N–H and O–H groups in total. The van der Waals surface area contributed by atoms with Crippen LogP contribution in [0.5, 0.6) is 0 Å². The van der Waals surface area contributed by atoms with Crippen molar-refractivity contribution >= 4 is 23.3 Å². The molecule has 22 heavy (non-hydrogen) atoms. The third kappa shape index (κ3) is 3.55. The maximum Gasteiger partial charge on any atom is 0.335 e. The van der Waals surface area contributed by atoms with E-state index in [-0.39, 0.29) is 22.5 Å². The van der Waals surface area contributed by atoms with Crippen LogP contribution in [0, 0.1) is 11.8 Å². The predicted octanol–water partition coefficient (Wildman–Crippen LogP) is 1.65. The highest BCUT2D eigenvalue weighted by Crippen LogP contribution is 2.13. The predicted molar refractivity (Wildman–Crippen MR) is 81.6 cm³/mol. The molecule has 110 valence electrons. The van der Waals surface area contributed by atoms with Crippen LogP contribution in [-0.2, 0) is 0 Å². The van der Waals surface area contributed by atoms with Crippen LogP contribution in [0.2, 0.25) is 0 Å². The monoisotopic (exact) mass is 296 g/mol. The Labute approximate surface area is 126 Å². The molecule has 6 heteroatoms. The minimum absolute atomic E-state index is 0.0306. The first-order valence-corrected chi connectivity index (χ1v) is 6.15. The molecular weight excluding hydrogens is 284 g/mol. The first kappa shape index (κ1) is 14.9. The summed E-state index contributed by atoms with van der Waals surface area (Å²) >= 11 is 0. The average molecular weight is 296 g/mol. The van der Waals surface area contributed by atoms with Crippen LogP contribution in [0.4, 0.5) is 11.4 Å². The number of carboxylic acids is 2. The second kappa shape index (κ2) is 5.89. The second-order valence-electron chi connectivity index (χ2n) is 4.55. The molecule has 0 spiro atoms. The van der Waals surface area contributed by atoms with Crippen molar-refractivity contribution in [2.75, 3.05) is 11.5 Å². The van der Waals surface area contributed by atoms with Crippen molar-refractivity contribution in [2.45, 2.75) is 0 Å². The van der Waals surface area contributed by atoms with E-state index < -0.39 is 11.9 Å². The molecule has 0 bridgehead atoms. The van der Waals surface area contributed by atoms with E-state index in [4.69, 9.17) is 21.7 Å². The first-order chi connectivity index (χ1) is 10.3. The van der Waals surface area contributed by atoms with E-state index in [1.165, 1.54) is 36.4 Å². The van der Waals surface area contributed by atoms with Crippen molar-refractivity contribution in [2.24, 2.45) is 0 Å². The fraction of sp³-hybridized carbons (Fsp3) is 0. The highest BCUT2D eigenvalue weighted by molar-refractivity contribution is 5.90. The van der Waals surface area contributed by atoms with Gasteiger partial charge in [0.05, 0.1) is 11.1 Å². The zero-order valence-corrected chi connectivity index (χ0v) is 11.3. The summed E-state index contributed by atoms with van der Waals surface area (Å²) in [4.78, 5) is 21.9. The smallest absolute Gasteiger partial charge is 0.335 e. The molecule has 0 fully saturated rings. The molecule has 2 aromatic rings. The second-order valence-corrected chi connectivity index (χ2v) is 4.55. The summed E-state index contributed by atoms with van der Waals surface area (Å²) in [7, 11) is 0. The minimum atomic E-state index is -1.10. The molecule has 6 nitrogen and oxygen atoms in total. The van der Waals surface area contributed by atoms with E-state index in [0.29, 0.717) is 11.1 Å². The van der Waals surface area contributed by atoms with Gasteiger partial charge in [-0.05, 0) is 36.4 Å². The fourth-order valence-electron chi connectivity index (χ4n) is 1.84. The van der Waals surface area contributed by atoms with Gasteiger partial charge in [-0.1, -0.05) is 11.8 Å². The molecule has 0 saturated heterocycles. The van der Waals surface area contributed by atoms with Gasteiger partial charge in [-0.3, -0.25) is 0 Å².